The minimum atomic E-state index is -3.01. The first-order valence-electron chi connectivity index (χ1n) is 33.1. The number of hydrogen-bond donors (Lipinski definition) is 2. The zero-order valence-corrected chi connectivity index (χ0v) is 62.3. The number of nitrogen functional groups attached to an aromatic ring is 1. The van der Waals surface area contributed by atoms with Gasteiger partial charge in [-0.2, -0.15) is 0 Å². The summed E-state index contributed by atoms with van der Waals surface area (Å²) in [6, 6.07) is 13.5. The Bertz CT molecular complexity index is 4650. The number of ketones is 2. The summed E-state index contributed by atoms with van der Waals surface area (Å²) in [7, 11) is -8.70. The van der Waals surface area contributed by atoms with Crippen LogP contribution in [-0.2, 0) is 77.7 Å². The molecule has 4 N–H and O–H groups in total. The first kappa shape index (κ1) is 77.9. The second kappa shape index (κ2) is 28.4. The Morgan fingerprint density at radius 2 is 0.824 bits per heavy atom. The SMILES string of the molecule is CC(C)(C)OC(=O)CC1=N[C@](C)(c2nc(CC(=O)c3ccc(OCF)cn3)ccc2F)[C@@H]2CCN=[S@]2(=O)C1(C)C.CC(C)(C)OC(=O)CC1=N[C@](C)(c2nc(N)ccc2F)[C@@H]2CCN=[S@]2(=O)C1(C)C.CC1(C)C(N)=N[C@](C)(c2nc(CC(=O)c3ccc(OCF)cn3)ccc2F)[C@@H]2CCN=[S@@]21=O. The smallest absolute Gasteiger partial charge is 0.312 e. The van der Waals surface area contributed by atoms with Gasteiger partial charge in [-0.25, -0.2) is 62.6 Å². The van der Waals surface area contributed by atoms with Crippen LogP contribution in [0.4, 0.5) is 27.8 Å². The van der Waals surface area contributed by atoms with Gasteiger partial charge >= 0.3 is 11.9 Å². The van der Waals surface area contributed by atoms with Crippen molar-refractivity contribution in [2.75, 3.05) is 39.1 Å². The van der Waals surface area contributed by atoms with Crippen molar-refractivity contribution in [1.82, 2.24) is 24.9 Å². The molecule has 9 atom stereocenters. The molecule has 0 fully saturated rings. The molecule has 32 heteroatoms. The molecule has 5 aromatic heterocycles. The van der Waals surface area contributed by atoms with Crippen molar-refractivity contribution in [3.05, 3.63) is 130 Å². The summed E-state index contributed by atoms with van der Waals surface area (Å²) in [6.07, 6.45) is 3.15. The number of aromatic nitrogens is 5. The predicted octanol–water partition coefficient (Wildman–Crippen LogP) is 10.9. The number of rotatable bonds is 17. The van der Waals surface area contributed by atoms with Crippen molar-refractivity contribution in [2.45, 2.75) is 207 Å². The maximum absolute atomic E-state index is 15.5. The topological polar surface area (TPSA) is 347 Å². The summed E-state index contributed by atoms with van der Waals surface area (Å²) in [4.78, 5) is 86.4. The van der Waals surface area contributed by atoms with Gasteiger partial charge in [0.25, 0.3) is 0 Å². The number of amidine groups is 1. The zero-order chi connectivity index (χ0) is 75.4. The van der Waals surface area contributed by atoms with Crippen molar-refractivity contribution in [3.63, 3.8) is 0 Å². The van der Waals surface area contributed by atoms with Crippen molar-refractivity contribution in [2.24, 2.45) is 33.8 Å². The summed E-state index contributed by atoms with van der Waals surface area (Å²) in [5.41, 5.74) is 8.14. The molecule has 0 saturated heterocycles. The van der Waals surface area contributed by atoms with E-state index in [1.165, 1.54) is 73.1 Å². The van der Waals surface area contributed by atoms with Gasteiger partial charge in [0.2, 0.25) is 13.7 Å². The van der Waals surface area contributed by atoms with Crippen LogP contribution >= 0.6 is 0 Å². The summed E-state index contributed by atoms with van der Waals surface area (Å²) in [5.74, 6) is -2.96. The fourth-order valence-corrected chi connectivity index (χ4v) is 23.3. The van der Waals surface area contributed by atoms with Crippen molar-refractivity contribution < 1.29 is 72.7 Å². The molecule has 6 aliphatic heterocycles. The maximum atomic E-state index is 15.5. The van der Waals surface area contributed by atoms with E-state index in [0.29, 0.717) is 56.0 Å². The van der Waals surface area contributed by atoms with E-state index in [2.05, 4.69) is 47.7 Å². The van der Waals surface area contributed by atoms with Crippen LogP contribution in [0.2, 0.25) is 0 Å². The average molecular weight is 1480 g/mol. The van der Waals surface area contributed by atoms with E-state index in [0.717, 1.165) is 0 Å². The summed E-state index contributed by atoms with van der Waals surface area (Å²) >= 11 is 0. The third-order valence-electron chi connectivity index (χ3n) is 19.1. The van der Waals surface area contributed by atoms with Gasteiger partial charge in [-0.15, -0.1) is 0 Å². The standard InChI is InChI=1S/C28H34F2N4O5S.C22H25F2N5O3S.C20H29FN4O3S/c1-26(2,3)39-24(36)14-22-27(4,5)40(37)23(11-12-32-40)28(6,34-22)25-19(30)9-7-17(33-25)13-21(35)20-10-8-18(15-31-20)38-16-29;1-21(2)20(25)29-22(3,18-8-9-27-33(18,21)31)19-15(24)6-4-13(28-19)10-17(30)16-7-5-14(11-26-16)32-12-23;1-18(2,3)28-16(26)11-13-19(4,5)29(27)14(9-10-23-29)20(6,25-13)17-12(21)7-8-15(22)24-17/h7-10,15,23H,11-14,16H2,1-6H3;4-7,11,18H,8-10,12H2,1-3H3,(H2,25,29);7-8,14H,9-11H2,1-6H3,(H2,22,24)/t23-,28-,40+;18-,22-,33+;14-,20-,29+/m000/s1. The lowest BCUT2D eigenvalue weighted by Crippen LogP contribution is -2.58. The number of nitrogens with zero attached hydrogens (tertiary/aromatic N) is 11. The number of carbonyl (C=O) groups is 4. The largest absolute Gasteiger partial charge is 0.461 e. The minimum Gasteiger partial charge on any atom is -0.461 e. The number of alkyl halides is 2. The van der Waals surface area contributed by atoms with E-state index in [-0.39, 0.29) is 94.6 Å². The molecule has 102 heavy (non-hydrogen) atoms. The fourth-order valence-electron chi connectivity index (χ4n) is 13.6. The van der Waals surface area contributed by atoms with Gasteiger partial charge in [0.05, 0.1) is 92.5 Å². The van der Waals surface area contributed by atoms with E-state index in [9.17, 15) is 45.0 Å². The lowest BCUT2D eigenvalue weighted by Gasteiger charge is -2.45. The molecule has 0 saturated carbocycles. The number of nitrogens with two attached hydrogens (primary N) is 2. The number of esters is 2. The normalized spacial score (nSPS) is 27.8. The highest BCUT2D eigenvalue weighted by atomic mass is 32.2. The van der Waals surface area contributed by atoms with Gasteiger partial charge < -0.3 is 30.4 Å². The lowest BCUT2D eigenvalue weighted by atomic mass is 9.88. The van der Waals surface area contributed by atoms with Crippen molar-refractivity contribution >= 4 is 75.8 Å². The van der Waals surface area contributed by atoms with Crippen molar-refractivity contribution in [1.29, 1.82) is 0 Å². The van der Waals surface area contributed by atoms with Crippen molar-refractivity contribution in [3.8, 4) is 11.5 Å². The number of aliphatic imine (C=N–C) groups is 3. The number of halogens is 5. The Balaban J connectivity index is 0.000000180. The number of Topliss-reactive ketones (excluding diaryl/α,β-unsaturated/α-hetero) is 2. The molecule has 552 valence electrons. The molecule has 0 spiro atoms. The average Bonchev–Trinajstić information content (AvgIpc) is 1.39. The Morgan fingerprint density at radius 3 is 1.17 bits per heavy atom. The van der Waals surface area contributed by atoms with E-state index in [1.54, 1.807) is 104 Å². The molecule has 0 unspecified atom stereocenters. The Hall–Kier alpha value is -8.26. The Labute approximate surface area is 591 Å². The summed E-state index contributed by atoms with van der Waals surface area (Å²) < 4.78 is 143. The van der Waals surface area contributed by atoms with Crippen LogP contribution in [0.15, 0.2) is 101 Å². The van der Waals surface area contributed by atoms with Gasteiger partial charge in [0, 0.05) is 42.4 Å². The highest BCUT2D eigenvalue weighted by Crippen LogP contribution is 2.52. The summed E-state index contributed by atoms with van der Waals surface area (Å²) in [5, 5.41) is -1.75. The molecule has 24 nitrogen and oxygen atoms in total. The van der Waals surface area contributed by atoms with E-state index >= 15 is 8.78 Å². The predicted molar refractivity (Wildman–Crippen MR) is 378 cm³/mol. The molecule has 11 heterocycles. The Morgan fingerprint density at radius 1 is 0.480 bits per heavy atom. The van der Waals surface area contributed by atoms with Gasteiger partial charge in [0.1, 0.15) is 102 Å². The van der Waals surface area contributed by atoms with Gasteiger partial charge in [-0.3, -0.25) is 44.1 Å². The third kappa shape index (κ3) is 14.8. The second-order valence-corrected chi connectivity index (χ2v) is 38.5. The molecule has 0 aromatic carbocycles. The maximum Gasteiger partial charge on any atom is 0.312 e. The molecule has 5 aromatic rings. The first-order valence-corrected chi connectivity index (χ1v) is 37.8. The molecule has 0 aliphatic carbocycles. The summed E-state index contributed by atoms with van der Waals surface area (Å²) in [6.45, 7) is 25.2. The van der Waals surface area contributed by atoms with E-state index < -0.39 is 130 Å². The second-order valence-electron chi connectivity index (χ2n) is 29.5. The van der Waals surface area contributed by atoms with Gasteiger partial charge in [0.15, 0.2) is 11.6 Å². The highest BCUT2D eigenvalue weighted by molar-refractivity contribution is 7.97. The van der Waals surface area contributed by atoms with Gasteiger partial charge in [-0.1, -0.05) is 0 Å². The van der Waals surface area contributed by atoms with E-state index in [1.807, 2.05) is 0 Å². The molecular formula is C70H88F5N13O11S3. The number of carbonyl (C=O) groups excluding carboxylic acids is 4. The van der Waals surface area contributed by atoms with Crippen LogP contribution in [0, 0.1) is 17.5 Å². The first-order chi connectivity index (χ1) is 47.3. The quantitative estimate of drug-likeness (QED) is 0.0496. The number of ether oxygens (including phenoxy) is 4. The molecule has 0 radical (unpaired) electrons. The van der Waals surface area contributed by atoms with Crippen LogP contribution in [0.5, 0.6) is 11.5 Å². The zero-order valence-electron chi connectivity index (χ0n) is 59.8. The molecule has 6 aliphatic rings. The van der Waals surface area contributed by atoms with Crippen LogP contribution in [-0.4, -0.2) is 153 Å². The van der Waals surface area contributed by atoms with Crippen LogP contribution in [0.3, 0.4) is 0 Å². The number of hydrogen-bond acceptors (Lipinski definition) is 24. The van der Waals surface area contributed by atoms with Gasteiger partial charge in [-0.05, 0) is 184 Å². The molecular weight excluding hydrogens is 1390 g/mol. The Kier molecular flexibility index (Phi) is 21.7. The van der Waals surface area contributed by atoms with Crippen LogP contribution in [0.25, 0.3) is 0 Å². The molecule has 0 bridgehead atoms. The van der Waals surface area contributed by atoms with E-state index in [4.69, 9.17) is 35.7 Å². The number of pyridine rings is 5. The fraction of sp³-hybridized carbons (Fsp3) is 0.543. The van der Waals surface area contributed by atoms with Crippen LogP contribution < -0.4 is 20.9 Å². The minimum absolute atomic E-state index is 0.0132. The number of fused-ring (bicyclic) bond motifs is 3. The lowest BCUT2D eigenvalue weighted by molar-refractivity contribution is -0.154. The van der Waals surface area contributed by atoms with Crippen LogP contribution in [0.1, 0.15) is 185 Å². The third-order valence-corrected chi connectivity index (χ3v) is 30.3. The molecule has 11 rings (SSSR count). The molecule has 0 amide bonds. The highest BCUT2D eigenvalue weighted by Gasteiger charge is 2.61. The number of anilines is 1. The monoisotopic (exact) mass is 1480 g/mol.